The molecule has 2 atom stereocenters. The van der Waals surface area contributed by atoms with Gasteiger partial charge in [-0.2, -0.15) is 0 Å². The van der Waals surface area contributed by atoms with Crippen LogP contribution in [0.1, 0.15) is 46.5 Å². The predicted octanol–water partition coefficient (Wildman–Crippen LogP) is 2.80. The third-order valence-electron chi connectivity index (χ3n) is 5.80. The van der Waals surface area contributed by atoms with E-state index in [0.717, 1.165) is 31.4 Å². The summed E-state index contributed by atoms with van der Waals surface area (Å²) in [5.41, 5.74) is 0.940. The SMILES string of the molecule is CC1(C)[C@@H]2CC/C(=N\O)[C@]2(C)CCC12OCCO2. The second kappa shape index (κ2) is 3.70. The molecular formula is C14H23NO3. The Morgan fingerprint density at radius 2 is 1.83 bits per heavy atom. The third kappa shape index (κ3) is 1.31. The van der Waals surface area contributed by atoms with Crippen LogP contribution < -0.4 is 0 Å². The second-order valence-corrected chi connectivity index (χ2v) is 6.73. The zero-order valence-corrected chi connectivity index (χ0v) is 11.5. The van der Waals surface area contributed by atoms with Crippen molar-refractivity contribution in [1.29, 1.82) is 0 Å². The summed E-state index contributed by atoms with van der Waals surface area (Å²) in [6.07, 6.45) is 3.85. The molecule has 3 rings (SSSR count). The van der Waals surface area contributed by atoms with Crippen LogP contribution >= 0.6 is 0 Å². The molecule has 102 valence electrons. The number of hydrogen-bond donors (Lipinski definition) is 1. The van der Waals surface area contributed by atoms with E-state index in [1.807, 2.05) is 0 Å². The smallest absolute Gasteiger partial charge is 0.173 e. The average molecular weight is 253 g/mol. The minimum Gasteiger partial charge on any atom is -0.411 e. The van der Waals surface area contributed by atoms with Crippen LogP contribution in [0.3, 0.4) is 0 Å². The van der Waals surface area contributed by atoms with Crippen molar-refractivity contribution >= 4 is 5.71 Å². The van der Waals surface area contributed by atoms with Crippen LogP contribution in [0.15, 0.2) is 5.16 Å². The zero-order valence-electron chi connectivity index (χ0n) is 11.5. The van der Waals surface area contributed by atoms with Gasteiger partial charge in [-0.25, -0.2) is 0 Å². The third-order valence-corrected chi connectivity index (χ3v) is 5.80. The van der Waals surface area contributed by atoms with E-state index in [2.05, 4.69) is 25.9 Å². The first kappa shape index (κ1) is 12.4. The summed E-state index contributed by atoms with van der Waals surface area (Å²) in [5, 5.41) is 12.8. The normalized spacial score (nSPS) is 43.5. The Balaban J connectivity index is 2.00. The lowest BCUT2D eigenvalue weighted by atomic mass is 9.55. The van der Waals surface area contributed by atoms with E-state index in [0.29, 0.717) is 19.1 Å². The fourth-order valence-corrected chi connectivity index (χ4v) is 4.71. The Hall–Kier alpha value is -0.610. The molecule has 0 aromatic carbocycles. The molecular weight excluding hydrogens is 230 g/mol. The standard InChI is InChI=1S/C14H23NO3/c1-12(2)10-4-5-11(15-16)13(10,3)6-7-14(12)17-8-9-18-14/h10,16H,4-9H2,1-3H3/b15-11+/t10-,13+/m0/s1. The summed E-state index contributed by atoms with van der Waals surface area (Å²) in [7, 11) is 0. The zero-order chi connectivity index (χ0) is 13.0. The monoisotopic (exact) mass is 253 g/mol. The van der Waals surface area contributed by atoms with Crippen molar-refractivity contribution < 1.29 is 14.7 Å². The average Bonchev–Trinajstić information content (AvgIpc) is 2.91. The number of fused-ring (bicyclic) bond motifs is 1. The van der Waals surface area contributed by atoms with E-state index in [-0.39, 0.29) is 10.8 Å². The van der Waals surface area contributed by atoms with E-state index in [4.69, 9.17) is 9.47 Å². The van der Waals surface area contributed by atoms with Crippen LogP contribution in [-0.2, 0) is 9.47 Å². The second-order valence-electron chi connectivity index (χ2n) is 6.73. The summed E-state index contributed by atoms with van der Waals surface area (Å²) in [6.45, 7) is 8.15. The number of nitrogens with zero attached hydrogens (tertiary/aromatic N) is 1. The van der Waals surface area contributed by atoms with Gasteiger partial charge in [-0.05, 0) is 25.2 Å². The maximum absolute atomic E-state index is 9.22. The Bertz CT molecular complexity index is 385. The number of ether oxygens (including phenoxy) is 2. The van der Waals surface area contributed by atoms with Crippen molar-refractivity contribution in [3.63, 3.8) is 0 Å². The van der Waals surface area contributed by atoms with E-state index in [1.165, 1.54) is 0 Å². The van der Waals surface area contributed by atoms with Crippen LogP contribution in [-0.4, -0.2) is 29.9 Å². The Kier molecular flexibility index (Phi) is 2.55. The minimum atomic E-state index is -0.415. The predicted molar refractivity (Wildman–Crippen MR) is 67.7 cm³/mol. The molecule has 1 aliphatic heterocycles. The molecule has 0 radical (unpaired) electrons. The highest BCUT2D eigenvalue weighted by molar-refractivity contribution is 5.92. The molecule has 1 heterocycles. The molecule has 0 aromatic rings. The van der Waals surface area contributed by atoms with Crippen molar-refractivity contribution in [2.45, 2.75) is 52.2 Å². The fraction of sp³-hybridized carbons (Fsp3) is 0.929. The van der Waals surface area contributed by atoms with Gasteiger partial charge in [0.15, 0.2) is 5.79 Å². The van der Waals surface area contributed by atoms with Gasteiger partial charge in [0.1, 0.15) is 0 Å². The van der Waals surface area contributed by atoms with Crippen LogP contribution in [0.25, 0.3) is 0 Å². The van der Waals surface area contributed by atoms with Gasteiger partial charge in [0.05, 0.1) is 18.9 Å². The van der Waals surface area contributed by atoms with Gasteiger partial charge in [-0.3, -0.25) is 0 Å². The molecule has 2 saturated carbocycles. The molecule has 4 heteroatoms. The van der Waals surface area contributed by atoms with Gasteiger partial charge < -0.3 is 14.7 Å². The fourth-order valence-electron chi connectivity index (χ4n) is 4.71. The molecule has 0 amide bonds. The van der Waals surface area contributed by atoms with Gasteiger partial charge in [-0.15, -0.1) is 0 Å². The van der Waals surface area contributed by atoms with Crippen LogP contribution in [0.2, 0.25) is 0 Å². The van der Waals surface area contributed by atoms with Crippen molar-refractivity contribution in [2.75, 3.05) is 13.2 Å². The van der Waals surface area contributed by atoms with Gasteiger partial charge in [0, 0.05) is 17.3 Å². The molecule has 1 spiro atoms. The molecule has 2 aliphatic carbocycles. The van der Waals surface area contributed by atoms with Crippen molar-refractivity contribution in [3.05, 3.63) is 0 Å². The molecule has 4 nitrogen and oxygen atoms in total. The van der Waals surface area contributed by atoms with Crippen LogP contribution in [0.5, 0.6) is 0 Å². The lowest BCUT2D eigenvalue weighted by Crippen LogP contribution is -2.58. The largest absolute Gasteiger partial charge is 0.411 e. The number of oxime groups is 1. The van der Waals surface area contributed by atoms with Gasteiger partial charge in [-0.1, -0.05) is 25.9 Å². The lowest BCUT2D eigenvalue weighted by Gasteiger charge is -2.55. The summed E-state index contributed by atoms with van der Waals surface area (Å²) < 4.78 is 12.0. The Labute approximate surface area is 108 Å². The van der Waals surface area contributed by atoms with Crippen LogP contribution in [0.4, 0.5) is 0 Å². The summed E-state index contributed by atoms with van der Waals surface area (Å²) in [6, 6.07) is 0. The first-order valence-corrected chi connectivity index (χ1v) is 6.96. The first-order chi connectivity index (χ1) is 8.46. The molecule has 1 saturated heterocycles. The Morgan fingerprint density at radius 1 is 1.17 bits per heavy atom. The highest BCUT2D eigenvalue weighted by Crippen LogP contribution is 2.63. The maximum atomic E-state index is 9.22. The minimum absolute atomic E-state index is 0.0127. The Morgan fingerprint density at radius 3 is 2.44 bits per heavy atom. The van der Waals surface area contributed by atoms with E-state index < -0.39 is 5.79 Å². The molecule has 0 unspecified atom stereocenters. The van der Waals surface area contributed by atoms with E-state index in [9.17, 15) is 5.21 Å². The number of rotatable bonds is 0. The van der Waals surface area contributed by atoms with Crippen molar-refractivity contribution in [1.82, 2.24) is 0 Å². The lowest BCUT2D eigenvalue weighted by molar-refractivity contribution is -0.274. The quantitative estimate of drug-likeness (QED) is 0.533. The van der Waals surface area contributed by atoms with Crippen molar-refractivity contribution in [2.24, 2.45) is 21.9 Å². The molecule has 3 fully saturated rings. The molecule has 0 bridgehead atoms. The first-order valence-electron chi connectivity index (χ1n) is 6.96. The number of hydrogen-bond acceptors (Lipinski definition) is 4. The molecule has 0 aromatic heterocycles. The molecule has 1 N–H and O–H groups in total. The summed E-state index contributed by atoms with van der Waals surface area (Å²) in [4.78, 5) is 0. The topological polar surface area (TPSA) is 51.1 Å². The highest BCUT2D eigenvalue weighted by atomic mass is 16.7. The van der Waals surface area contributed by atoms with Crippen molar-refractivity contribution in [3.8, 4) is 0 Å². The van der Waals surface area contributed by atoms with E-state index in [1.54, 1.807) is 0 Å². The van der Waals surface area contributed by atoms with E-state index >= 15 is 0 Å². The maximum Gasteiger partial charge on any atom is 0.173 e. The molecule has 3 aliphatic rings. The van der Waals surface area contributed by atoms with Gasteiger partial charge in [0.25, 0.3) is 0 Å². The van der Waals surface area contributed by atoms with Gasteiger partial charge in [0.2, 0.25) is 0 Å². The van der Waals surface area contributed by atoms with Gasteiger partial charge >= 0.3 is 0 Å². The summed E-state index contributed by atoms with van der Waals surface area (Å²) >= 11 is 0. The highest BCUT2D eigenvalue weighted by Gasteiger charge is 2.64. The van der Waals surface area contributed by atoms with Crippen LogP contribution in [0, 0.1) is 16.7 Å². The molecule has 18 heavy (non-hydrogen) atoms. The summed E-state index contributed by atoms with van der Waals surface area (Å²) in [5.74, 6) is 0.0463.